The van der Waals surface area contributed by atoms with Crippen LogP contribution in [0.5, 0.6) is 5.75 Å². The van der Waals surface area contributed by atoms with Gasteiger partial charge in [-0.25, -0.2) is 8.78 Å². The average molecular weight is 298 g/mol. The lowest BCUT2D eigenvalue weighted by Crippen LogP contribution is -2.29. The molecule has 0 bridgehead atoms. The molecule has 2 aromatic carbocycles. The second-order valence-corrected chi connectivity index (χ2v) is 4.90. The number of rotatable bonds is 4. The maximum absolute atomic E-state index is 13.8. The highest BCUT2D eigenvalue weighted by Crippen LogP contribution is 2.28. The van der Waals surface area contributed by atoms with E-state index in [4.69, 9.17) is 22.1 Å². The largest absolute Gasteiger partial charge is 0.484 e. The van der Waals surface area contributed by atoms with Gasteiger partial charge in [0.1, 0.15) is 23.5 Å². The van der Waals surface area contributed by atoms with E-state index >= 15 is 0 Å². The molecular formula is C15H14ClF2NO. The van der Waals surface area contributed by atoms with E-state index in [1.165, 1.54) is 18.2 Å². The van der Waals surface area contributed by atoms with E-state index in [0.29, 0.717) is 5.56 Å². The Morgan fingerprint density at radius 3 is 2.40 bits per heavy atom. The molecule has 2 nitrogen and oxygen atoms in total. The highest BCUT2D eigenvalue weighted by Gasteiger charge is 2.21. The Kier molecular flexibility index (Phi) is 4.57. The van der Waals surface area contributed by atoms with Gasteiger partial charge >= 0.3 is 0 Å². The van der Waals surface area contributed by atoms with E-state index in [2.05, 4.69) is 0 Å². The molecule has 0 aliphatic carbocycles. The van der Waals surface area contributed by atoms with Crippen molar-refractivity contribution >= 4 is 11.6 Å². The highest BCUT2D eigenvalue weighted by molar-refractivity contribution is 6.30. The summed E-state index contributed by atoms with van der Waals surface area (Å²) in [4.78, 5) is 0. The van der Waals surface area contributed by atoms with Gasteiger partial charge in [-0.15, -0.1) is 0 Å². The molecule has 0 radical (unpaired) electrons. The molecule has 0 aliphatic rings. The number of nitrogens with two attached hydrogens (primary N) is 1. The maximum atomic E-state index is 13.8. The van der Waals surface area contributed by atoms with Crippen molar-refractivity contribution < 1.29 is 13.5 Å². The fourth-order valence-electron chi connectivity index (χ4n) is 1.86. The SMILES string of the molecule is CC(N)C(Oc1ccc(Cl)c(F)c1)c1ccccc1F. The van der Waals surface area contributed by atoms with E-state index in [0.717, 1.165) is 6.07 Å². The van der Waals surface area contributed by atoms with Gasteiger partial charge in [0.15, 0.2) is 0 Å². The molecule has 2 N–H and O–H groups in total. The van der Waals surface area contributed by atoms with Crippen LogP contribution in [-0.2, 0) is 0 Å². The predicted octanol–water partition coefficient (Wildman–Crippen LogP) is 4.09. The van der Waals surface area contributed by atoms with Crippen molar-refractivity contribution in [3.8, 4) is 5.75 Å². The van der Waals surface area contributed by atoms with Crippen molar-refractivity contribution in [2.75, 3.05) is 0 Å². The van der Waals surface area contributed by atoms with Gasteiger partial charge < -0.3 is 10.5 Å². The Balaban J connectivity index is 2.31. The lowest BCUT2D eigenvalue weighted by molar-refractivity contribution is 0.175. The molecule has 2 aromatic rings. The molecular weight excluding hydrogens is 284 g/mol. The number of hydrogen-bond donors (Lipinski definition) is 1. The minimum atomic E-state index is -0.711. The zero-order valence-corrected chi connectivity index (χ0v) is 11.6. The third kappa shape index (κ3) is 3.26. The summed E-state index contributed by atoms with van der Waals surface area (Å²) < 4.78 is 32.8. The molecule has 2 rings (SSSR count). The van der Waals surface area contributed by atoms with E-state index in [-0.39, 0.29) is 10.8 Å². The van der Waals surface area contributed by atoms with Gasteiger partial charge in [0, 0.05) is 17.7 Å². The summed E-state index contributed by atoms with van der Waals surface area (Å²) in [5.74, 6) is -0.761. The Hall–Kier alpha value is -1.65. The van der Waals surface area contributed by atoms with Gasteiger partial charge in [-0.1, -0.05) is 29.8 Å². The van der Waals surface area contributed by atoms with Gasteiger partial charge in [0.25, 0.3) is 0 Å². The van der Waals surface area contributed by atoms with E-state index < -0.39 is 23.8 Å². The minimum absolute atomic E-state index is 0.000545. The van der Waals surface area contributed by atoms with Gasteiger partial charge in [0.05, 0.1) is 5.02 Å². The summed E-state index contributed by atoms with van der Waals surface area (Å²) in [6.07, 6.45) is -0.711. The van der Waals surface area contributed by atoms with Gasteiger partial charge in [-0.05, 0) is 25.1 Å². The quantitative estimate of drug-likeness (QED) is 0.922. The molecule has 0 saturated carbocycles. The van der Waals surface area contributed by atoms with Crippen LogP contribution in [0, 0.1) is 11.6 Å². The molecule has 5 heteroatoms. The third-order valence-corrected chi connectivity index (χ3v) is 3.15. The van der Waals surface area contributed by atoms with Crippen molar-refractivity contribution in [2.45, 2.75) is 19.1 Å². The maximum Gasteiger partial charge on any atom is 0.145 e. The number of hydrogen-bond acceptors (Lipinski definition) is 2. The van der Waals surface area contributed by atoms with Crippen molar-refractivity contribution in [3.63, 3.8) is 0 Å². The second-order valence-electron chi connectivity index (χ2n) is 4.49. The molecule has 0 aromatic heterocycles. The van der Waals surface area contributed by atoms with Crippen LogP contribution in [-0.4, -0.2) is 6.04 Å². The van der Waals surface area contributed by atoms with Gasteiger partial charge in [-0.2, -0.15) is 0 Å². The van der Waals surface area contributed by atoms with E-state index in [1.54, 1.807) is 25.1 Å². The van der Waals surface area contributed by atoms with Gasteiger partial charge in [0.2, 0.25) is 0 Å². The Morgan fingerprint density at radius 2 is 1.80 bits per heavy atom. The molecule has 0 heterocycles. The molecule has 20 heavy (non-hydrogen) atoms. The second kappa shape index (κ2) is 6.20. The van der Waals surface area contributed by atoms with E-state index in [1.807, 2.05) is 0 Å². The number of halogens is 3. The van der Waals surface area contributed by atoms with Crippen LogP contribution >= 0.6 is 11.6 Å². The van der Waals surface area contributed by atoms with Crippen molar-refractivity contribution in [1.29, 1.82) is 0 Å². The Bertz CT molecular complexity index is 604. The Morgan fingerprint density at radius 1 is 1.10 bits per heavy atom. The van der Waals surface area contributed by atoms with Crippen LogP contribution in [0.2, 0.25) is 5.02 Å². The minimum Gasteiger partial charge on any atom is -0.484 e. The van der Waals surface area contributed by atoms with Crippen LogP contribution in [0.15, 0.2) is 42.5 Å². The van der Waals surface area contributed by atoms with Crippen LogP contribution in [0.3, 0.4) is 0 Å². The lowest BCUT2D eigenvalue weighted by Gasteiger charge is -2.23. The molecule has 2 atom stereocenters. The summed E-state index contributed by atoms with van der Waals surface area (Å²) in [6, 6.07) is 9.78. The van der Waals surface area contributed by atoms with Crippen LogP contribution in [0.4, 0.5) is 8.78 Å². The van der Waals surface area contributed by atoms with Gasteiger partial charge in [-0.3, -0.25) is 0 Å². The predicted molar refractivity (Wildman–Crippen MR) is 74.8 cm³/mol. The molecule has 0 aliphatic heterocycles. The van der Waals surface area contributed by atoms with E-state index in [9.17, 15) is 8.78 Å². The zero-order valence-electron chi connectivity index (χ0n) is 10.8. The molecule has 106 valence electrons. The molecule has 0 spiro atoms. The first-order chi connectivity index (χ1) is 9.49. The topological polar surface area (TPSA) is 35.2 Å². The summed E-state index contributed by atoms with van der Waals surface area (Å²) in [5, 5.41) is 0.000545. The normalized spacial score (nSPS) is 13.8. The number of ether oxygens (including phenoxy) is 1. The molecule has 0 saturated heterocycles. The summed E-state index contributed by atoms with van der Waals surface area (Å²) in [7, 11) is 0. The first kappa shape index (κ1) is 14.8. The number of benzene rings is 2. The van der Waals surface area contributed by atoms with Crippen LogP contribution in [0.25, 0.3) is 0 Å². The standard InChI is InChI=1S/C15H14ClF2NO/c1-9(19)15(11-4-2-3-5-13(11)17)20-10-6-7-12(16)14(18)8-10/h2-9,15H,19H2,1H3. The van der Waals surface area contributed by atoms with Crippen LogP contribution in [0.1, 0.15) is 18.6 Å². The van der Waals surface area contributed by atoms with Crippen molar-refractivity contribution in [2.24, 2.45) is 5.73 Å². The van der Waals surface area contributed by atoms with Crippen molar-refractivity contribution in [3.05, 3.63) is 64.7 Å². The summed E-state index contributed by atoms with van der Waals surface area (Å²) in [5.41, 5.74) is 6.17. The zero-order chi connectivity index (χ0) is 14.7. The lowest BCUT2D eigenvalue weighted by atomic mass is 10.0. The summed E-state index contributed by atoms with van der Waals surface area (Å²) in [6.45, 7) is 1.70. The first-order valence-electron chi connectivity index (χ1n) is 6.10. The molecule has 0 fully saturated rings. The molecule has 0 amide bonds. The highest BCUT2D eigenvalue weighted by atomic mass is 35.5. The summed E-state index contributed by atoms with van der Waals surface area (Å²) >= 11 is 5.61. The fourth-order valence-corrected chi connectivity index (χ4v) is 1.97. The molecule has 2 unspecified atom stereocenters. The monoisotopic (exact) mass is 297 g/mol. The fraction of sp³-hybridized carbons (Fsp3) is 0.200. The Labute approximate surface area is 121 Å². The first-order valence-corrected chi connectivity index (χ1v) is 6.48. The smallest absolute Gasteiger partial charge is 0.145 e. The van der Waals surface area contributed by atoms with Crippen LogP contribution < -0.4 is 10.5 Å². The average Bonchev–Trinajstić information content (AvgIpc) is 2.41. The van der Waals surface area contributed by atoms with Crippen molar-refractivity contribution in [1.82, 2.24) is 0 Å². The third-order valence-electron chi connectivity index (χ3n) is 2.84.